The van der Waals surface area contributed by atoms with Crippen LogP contribution < -0.4 is 4.74 Å². The summed E-state index contributed by atoms with van der Waals surface area (Å²) in [6.45, 7) is 9.67. The zero-order chi connectivity index (χ0) is 19.0. The number of para-hydroxylation sites is 1. The molecule has 0 N–H and O–H groups in total. The molecule has 1 unspecified atom stereocenters. The van der Waals surface area contributed by atoms with E-state index < -0.39 is 23.5 Å². The van der Waals surface area contributed by atoms with Crippen molar-refractivity contribution in [3.63, 3.8) is 0 Å². The van der Waals surface area contributed by atoms with Crippen molar-refractivity contribution < 1.29 is 23.9 Å². The maximum absolute atomic E-state index is 12.2. The van der Waals surface area contributed by atoms with E-state index >= 15 is 0 Å². The first-order valence-electron chi connectivity index (χ1n) is 8.60. The van der Waals surface area contributed by atoms with Crippen LogP contribution in [0, 0.1) is 5.92 Å². The molecule has 0 saturated heterocycles. The minimum Gasteiger partial charge on any atom is -0.493 e. The van der Waals surface area contributed by atoms with Gasteiger partial charge in [-0.1, -0.05) is 39.0 Å². The minimum atomic E-state index is -1.32. The highest BCUT2D eigenvalue weighted by molar-refractivity contribution is 6.16. The molecule has 0 aliphatic heterocycles. The number of carbonyl (C=O) groups excluding carboxylic acids is 3. The van der Waals surface area contributed by atoms with E-state index in [0.717, 1.165) is 11.3 Å². The number of ether oxygens (including phenoxy) is 2. The van der Waals surface area contributed by atoms with Gasteiger partial charge in [-0.25, -0.2) is 0 Å². The highest BCUT2D eigenvalue weighted by atomic mass is 16.5. The van der Waals surface area contributed by atoms with Gasteiger partial charge < -0.3 is 9.47 Å². The second-order valence-corrected chi connectivity index (χ2v) is 6.96. The molecule has 0 fully saturated rings. The summed E-state index contributed by atoms with van der Waals surface area (Å²) in [5.41, 5.74) is 1.05. The Kier molecular flexibility index (Phi) is 7.81. The Balaban J connectivity index is 2.59. The molecule has 0 saturated carbocycles. The second-order valence-electron chi connectivity index (χ2n) is 6.96. The van der Waals surface area contributed by atoms with E-state index in [2.05, 4.69) is 20.8 Å². The van der Waals surface area contributed by atoms with Crippen molar-refractivity contribution in [1.82, 2.24) is 0 Å². The lowest BCUT2D eigenvalue weighted by Crippen LogP contribution is -2.32. The SMILES string of the molecule is CCOC(=O)C(C(C)=O)C(=O)CCCOc1ccccc1C(C)(C)C. The van der Waals surface area contributed by atoms with Crippen LogP contribution in [0.1, 0.15) is 53.0 Å². The molecular weight excluding hydrogens is 320 g/mol. The van der Waals surface area contributed by atoms with Crippen LogP contribution in [-0.4, -0.2) is 30.7 Å². The molecule has 1 rings (SSSR count). The molecule has 0 spiro atoms. The van der Waals surface area contributed by atoms with Crippen molar-refractivity contribution in [1.29, 1.82) is 0 Å². The fourth-order valence-electron chi connectivity index (χ4n) is 2.53. The van der Waals surface area contributed by atoms with Gasteiger partial charge in [0.15, 0.2) is 17.5 Å². The minimum absolute atomic E-state index is 0.0456. The first-order valence-corrected chi connectivity index (χ1v) is 8.60. The number of hydrogen-bond donors (Lipinski definition) is 0. The highest BCUT2D eigenvalue weighted by Gasteiger charge is 2.31. The van der Waals surface area contributed by atoms with Gasteiger partial charge in [-0.15, -0.1) is 0 Å². The maximum atomic E-state index is 12.2. The fourth-order valence-corrected chi connectivity index (χ4v) is 2.53. The number of benzene rings is 1. The summed E-state index contributed by atoms with van der Waals surface area (Å²) in [6, 6.07) is 7.79. The molecule has 1 aromatic carbocycles. The fraction of sp³-hybridized carbons (Fsp3) is 0.550. The van der Waals surface area contributed by atoms with Crippen LogP contribution in [0.5, 0.6) is 5.75 Å². The number of rotatable bonds is 9. The lowest BCUT2D eigenvalue weighted by Gasteiger charge is -2.22. The van der Waals surface area contributed by atoms with E-state index in [9.17, 15) is 14.4 Å². The molecule has 0 aromatic heterocycles. The Morgan fingerprint density at radius 2 is 1.76 bits per heavy atom. The van der Waals surface area contributed by atoms with E-state index in [-0.39, 0.29) is 18.4 Å². The average Bonchev–Trinajstić information content (AvgIpc) is 2.51. The van der Waals surface area contributed by atoms with Crippen LogP contribution in [-0.2, 0) is 24.5 Å². The Morgan fingerprint density at radius 3 is 2.32 bits per heavy atom. The van der Waals surface area contributed by atoms with Gasteiger partial charge in [0, 0.05) is 6.42 Å². The number of carbonyl (C=O) groups is 3. The van der Waals surface area contributed by atoms with Gasteiger partial charge >= 0.3 is 5.97 Å². The summed E-state index contributed by atoms with van der Waals surface area (Å²) in [5.74, 6) is -2.20. The first kappa shape index (κ1) is 20.9. The van der Waals surface area contributed by atoms with E-state index in [0.29, 0.717) is 13.0 Å². The van der Waals surface area contributed by atoms with Gasteiger partial charge in [0.25, 0.3) is 0 Å². The van der Waals surface area contributed by atoms with Crippen molar-refractivity contribution in [2.24, 2.45) is 5.92 Å². The van der Waals surface area contributed by atoms with Gasteiger partial charge in [-0.2, -0.15) is 0 Å². The topological polar surface area (TPSA) is 69.7 Å². The Morgan fingerprint density at radius 1 is 1.12 bits per heavy atom. The summed E-state index contributed by atoms with van der Waals surface area (Å²) in [5, 5.41) is 0. The van der Waals surface area contributed by atoms with Gasteiger partial charge in [0.2, 0.25) is 0 Å². The third-order valence-corrected chi connectivity index (χ3v) is 3.77. The van der Waals surface area contributed by atoms with Crippen molar-refractivity contribution in [3.8, 4) is 5.75 Å². The zero-order valence-electron chi connectivity index (χ0n) is 15.8. The Labute approximate surface area is 149 Å². The maximum Gasteiger partial charge on any atom is 0.324 e. The van der Waals surface area contributed by atoms with E-state index in [1.165, 1.54) is 6.92 Å². The molecule has 0 aliphatic carbocycles. The van der Waals surface area contributed by atoms with Crippen LogP contribution in [0.25, 0.3) is 0 Å². The van der Waals surface area contributed by atoms with Gasteiger partial charge in [0.1, 0.15) is 5.75 Å². The van der Waals surface area contributed by atoms with E-state index in [1.807, 2.05) is 24.3 Å². The van der Waals surface area contributed by atoms with Crippen molar-refractivity contribution in [2.45, 2.75) is 52.9 Å². The molecule has 1 aromatic rings. The van der Waals surface area contributed by atoms with E-state index in [4.69, 9.17) is 9.47 Å². The predicted molar refractivity (Wildman–Crippen MR) is 95.7 cm³/mol. The standard InChI is InChI=1S/C20H28O5/c1-6-24-19(23)18(14(2)21)16(22)11-9-13-25-17-12-8-7-10-15(17)20(3,4)5/h7-8,10,12,18H,6,9,11,13H2,1-5H3. The van der Waals surface area contributed by atoms with Crippen LogP contribution in [0.3, 0.4) is 0 Å². The number of ketones is 2. The lowest BCUT2D eigenvalue weighted by molar-refractivity contribution is -0.154. The normalized spacial score (nSPS) is 12.4. The van der Waals surface area contributed by atoms with Crippen LogP contribution in [0.2, 0.25) is 0 Å². The second kappa shape index (κ2) is 9.35. The highest BCUT2D eigenvalue weighted by Crippen LogP contribution is 2.31. The molecular formula is C20H28O5. The summed E-state index contributed by atoms with van der Waals surface area (Å²) >= 11 is 0. The molecule has 0 radical (unpaired) electrons. The van der Waals surface area contributed by atoms with Crippen LogP contribution in [0.15, 0.2) is 24.3 Å². The third-order valence-electron chi connectivity index (χ3n) is 3.77. The summed E-state index contributed by atoms with van der Waals surface area (Å²) in [7, 11) is 0. The molecule has 0 heterocycles. The molecule has 5 heteroatoms. The number of hydrogen-bond acceptors (Lipinski definition) is 5. The van der Waals surface area contributed by atoms with Crippen molar-refractivity contribution in [3.05, 3.63) is 29.8 Å². The molecule has 0 aliphatic rings. The largest absolute Gasteiger partial charge is 0.493 e. The van der Waals surface area contributed by atoms with Crippen molar-refractivity contribution >= 4 is 17.5 Å². The molecule has 1 atom stereocenters. The molecule has 5 nitrogen and oxygen atoms in total. The Hall–Kier alpha value is -2.17. The number of Topliss-reactive ketones (excluding diaryl/α,β-unsaturated/α-hetero) is 2. The van der Waals surface area contributed by atoms with Crippen LogP contribution >= 0.6 is 0 Å². The van der Waals surface area contributed by atoms with E-state index in [1.54, 1.807) is 6.92 Å². The molecule has 0 amide bonds. The van der Waals surface area contributed by atoms with Gasteiger partial charge in [0.05, 0.1) is 13.2 Å². The first-order chi connectivity index (χ1) is 11.7. The zero-order valence-corrected chi connectivity index (χ0v) is 15.8. The summed E-state index contributed by atoms with van der Waals surface area (Å²) in [6.07, 6.45) is 0.529. The average molecular weight is 348 g/mol. The molecule has 138 valence electrons. The van der Waals surface area contributed by atoms with Gasteiger partial charge in [-0.05, 0) is 37.3 Å². The molecule has 25 heavy (non-hydrogen) atoms. The van der Waals surface area contributed by atoms with Crippen LogP contribution in [0.4, 0.5) is 0 Å². The lowest BCUT2D eigenvalue weighted by atomic mass is 9.86. The summed E-state index contributed by atoms with van der Waals surface area (Å²) < 4.78 is 10.6. The molecule has 0 bridgehead atoms. The number of esters is 1. The quantitative estimate of drug-likeness (QED) is 0.388. The van der Waals surface area contributed by atoms with Gasteiger partial charge in [-0.3, -0.25) is 14.4 Å². The van der Waals surface area contributed by atoms with Crippen molar-refractivity contribution in [2.75, 3.05) is 13.2 Å². The predicted octanol–water partition coefficient (Wildman–Crippen LogP) is 3.48. The summed E-state index contributed by atoms with van der Waals surface area (Å²) in [4.78, 5) is 35.5. The third kappa shape index (κ3) is 6.33. The monoisotopic (exact) mass is 348 g/mol. The Bertz CT molecular complexity index is 613. The smallest absolute Gasteiger partial charge is 0.324 e.